The molecule has 7 heteroatoms. The quantitative estimate of drug-likeness (QED) is 0.579. The number of amides is 1. The highest BCUT2D eigenvalue weighted by atomic mass is 32.2. The summed E-state index contributed by atoms with van der Waals surface area (Å²) in [5.74, 6) is -0.475. The lowest BCUT2D eigenvalue weighted by atomic mass is 10.2. The lowest BCUT2D eigenvalue weighted by molar-refractivity contribution is 0.0958. The molecule has 1 aromatic rings. The standard InChI is InChI=1S/C13H17N3O3S/c1-2-3-8-16-20(18,19)12-6-4-5-11(10-12)13(17)15-9-7-14/h4-6,10,16H,2-3,8-9H2,1H3,(H,15,17). The first-order valence-electron chi connectivity index (χ1n) is 6.26. The van der Waals surface area contributed by atoms with Crippen LogP contribution in [-0.2, 0) is 10.0 Å². The molecule has 1 rings (SSSR count). The zero-order chi connectivity index (χ0) is 15.0. The van der Waals surface area contributed by atoms with E-state index in [2.05, 4.69) is 10.0 Å². The third-order valence-electron chi connectivity index (χ3n) is 2.56. The second kappa shape index (κ2) is 7.62. The molecular formula is C13H17N3O3S. The van der Waals surface area contributed by atoms with Crippen molar-refractivity contribution in [1.29, 1.82) is 5.26 Å². The lowest BCUT2D eigenvalue weighted by Crippen LogP contribution is -2.26. The van der Waals surface area contributed by atoms with Crippen molar-refractivity contribution in [3.05, 3.63) is 29.8 Å². The number of benzene rings is 1. The molecule has 0 bridgehead atoms. The van der Waals surface area contributed by atoms with Crippen molar-refractivity contribution < 1.29 is 13.2 Å². The van der Waals surface area contributed by atoms with E-state index in [4.69, 9.17) is 5.26 Å². The summed E-state index contributed by atoms with van der Waals surface area (Å²) in [6.07, 6.45) is 1.64. The molecule has 0 saturated heterocycles. The summed E-state index contributed by atoms with van der Waals surface area (Å²) in [6.45, 7) is 2.21. The van der Waals surface area contributed by atoms with E-state index >= 15 is 0 Å². The van der Waals surface area contributed by atoms with Crippen LogP contribution in [0.25, 0.3) is 0 Å². The SMILES string of the molecule is CCCCNS(=O)(=O)c1cccc(C(=O)NCC#N)c1. The van der Waals surface area contributed by atoms with Gasteiger partial charge >= 0.3 is 0 Å². The normalized spacial score (nSPS) is 10.8. The number of carbonyl (C=O) groups excluding carboxylic acids is 1. The Morgan fingerprint density at radius 3 is 2.80 bits per heavy atom. The Morgan fingerprint density at radius 2 is 2.15 bits per heavy atom. The molecule has 108 valence electrons. The summed E-state index contributed by atoms with van der Waals surface area (Å²) in [6, 6.07) is 7.50. The van der Waals surface area contributed by atoms with Crippen molar-refractivity contribution in [2.45, 2.75) is 24.7 Å². The molecule has 20 heavy (non-hydrogen) atoms. The minimum atomic E-state index is -3.60. The summed E-state index contributed by atoms with van der Waals surface area (Å²) >= 11 is 0. The van der Waals surface area contributed by atoms with E-state index in [-0.39, 0.29) is 17.0 Å². The fraction of sp³-hybridized carbons (Fsp3) is 0.385. The molecule has 0 aliphatic heterocycles. The van der Waals surface area contributed by atoms with Crippen LogP contribution >= 0.6 is 0 Å². The highest BCUT2D eigenvalue weighted by molar-refractivity contribution is 7.89. The molecule has 0 spiro atoms. The number of unbranched alkanes of at least 4 members (excludes halogenated alkanes) is 1. The predicted molar refractivity (Wildman–Crippen MR) is 74.5 cm³/mol. The van der Waals surface area contributed by atoms with Crippen LogP contribution < -0.4 is 10.0 Å². The van der Waals surface area contributed by atoms with Gasteiger partial charge in [-0.3, -0.25) is 4.79 Å². The van der Waals surface area contributed by atoms with E-state index in [0.29, 0.717) is 6.54 Å². The van der Waals surface area contributed by atoms with Crippen LogP contribution in [0.2, 0.25) is 0 Å². The summed E-state index contributed by atoms with van der Waals surface area (Å²) in [5.41, 5.74) is 0.207. The second-order valence-corrected chi connectivity index (χ2v) is 5.89. The Balaban J connectivity index is 2.87. The highest BCUT2D eigenvalue weighted by Gasteiger charge is 2.15. The molecule has 0 aliphatic rings. The van der Waals surface area contributed by atoms with Crippen molar-refractivity contribution >= 4 is 15.9 Å². The molecule has 1 amide bonds. The number of hydrogen-bond acceptors (Lipinski definition) is 4. The van der Waals surface area contributed by atoms with Gasteiger partial charge in [-0.2, -0.15) is 5.26 Å². The molecule has 0 saturated carbocycles. The monoisotopic (exact) mass is 295 g/mol. The topological polar surface area (TPSA) is 99.1 Å². The largest absolute Gasteiger partial charge is 0.339 e. The van der Waals surface area contributed by atoms with Crippen molar-refractivity contribution in [3.63, 3.8) is 0 Å². The molecule has 6 nitrogen and oxygen atoms in total. The Morgan fingerprint density at radius 1 is 1.40 bits per heavy atom. The summed E-state index contributed by atoms with van der Waals surface area (Å²) in [4.78, 5) is 11.7. The fourth-order valence-corrected chi connectivity index (χ4v) is 2.61. The smallest absolute Gasteiger partial charge is 0.252 e. The maximum atomic E-state index is 12.0. The minimum Gasteiger partial charge on any atom is -0.339 e. The van der Waals surface area contributed by atoms with Gasteiger partial charge in [0, 0.05) is 12.1 Å². The van der Waals surface area contributed by atoms with E-state index in [9.17, 15) is 13.2 Å². The lowest BCUT2D eigenvalue weighted by Gasteiger charge is -2.07. The number of nitriles is 1. The van der Waals surface area contributed by atoms with E-state index in [1.165, 1.54) is 24.3 Å². The number of rotatable bonds is 7. The summed E-state index contributed by atoms with van der Waals surface area (Å²) < 4.78 is 26.5. The van der Waals surface area contributed by atoms with Gasteiger partial charge in [-0.05, 0) is 24.6 Å². The first kappa shape index (κ1) is 16.1. The zero-order valence-corrected chi connectivity index (χ0v) is 12.0. The molecule has 2 N–H and O–H groups in total. The van der Waals surface area contributed by atoms with Gasteiger partial charge in [-0.25, -0.2) is 13.1 Å². The molecule has 0 heterocycles. The Bertz CT molecular complexity index is 606. The zero-order valence-electron chi connectivity index (χ0n) is 11.2. The average Bonchev–Trinajstić information content (AvgIpc) is 2.45. The van der Waals surface area contributed by atoms with Crippen LogP contribution in [0.15, 0.2) is 29.2 Å². The van der Waals surface area contributed by atoms with Gasteiger partial charge < -0.3 is 5.32 Å². The van der Waals surface area contributed by atoms with Crippen LogP contribution in [0.3, 0.4) is 0 Å². The molecule has 0 radical (unpaired) electrons. The number of sulfonamides is 1. The van der Waals surface area contributed by atoms with Crippen LogP contribution in [0.5, 0.6) is 0 Å². The summed E-state index contributed by atoms with van der Waals surface area (Å²) in [5, 5.41) is 10.8. The van der Waals surface area contributed by atoms with Gasteiger partial charge in [0.2, 0.25) is 10.0 Å². The maximum absolute atomic E-state index is 12.0. The Labute approximate surface area is 118 Å². The van der Waals surface area contributed by atoms with Crippen LogP contribution in [0, 0.1) is 11.3 Å². The van der Waals surface area contributed by atoms with Crippen molar-refractivity contribution in [2.75, 3.05) is 13.1 Å². The van der Waals surface area contributed by atoms with Crippen LogP contribution in [-0.4, -0.2) is 27.4 Å². The molecule has 0 aliphatic carbocycles. The van der Waals surface area contributed by atoms with E-state index in [0.717, 1.165) is 12.8 Å². The van der Waals surface area contributed by atoms with E-state index < -0.39 is 15.9 Å². The van der Waals surface area contributed by atoms with E-state index in [1.807, 2.05) is 6.92 Å². The molecule has 1 aromatic carbocycles. The van der Waals surface area contributed by atoms with Crippen molar-refractivity contribution in [3.8, 4) is 6.07 Å². The van der Waals surface area contributed by atoms with Crippen molar-refractivity contribution in [2.24, 2.45) is 0 Å². The van der Waals surface area contributed by atoms with Gasteiger partial charge in [0.15, 0.2) is 0 Å². The first-order chi connectivity index (χ1) is 9.51. The molecule has 0 aromatic heterocycles. The fourth-order valence-electron chi connectivity index (χ4n) is 1.49. The van der Waals surface area contributed by atoms with Crippen LogP contribution in [0.4, 0.5) is 0 Å². The maximum Gasteiger partial charge on any atom is 0.252 e. The number of nitrogens with one attached hydrogen (secondary N) is 2. The van der Waals surface area contributed by atoms with Gasteiger partial charge in [0.05, 0.1) is 11.0 Å². The number of nitrogens with zero attached hydrogens (tertiary/aromatic N) is 1. The first-order valence-corrected chi connectivity index (χ1v) is 7.74. The molecule has 0 unspecified atom stereocenters. The minimum absolute atomic E-state index is 0.0400. The van der Waals surface area contributed by atoms with Gasteiger partial charge in [0.1, 0.15) is 6.54 Å². The molecule has 0 fully saturated rings. The van der Waals surface area contributed by atoms with E-state index in [1.54, 1.807) is 6.07 Å². The van der Waals surface area contributed by atoms with Gasteiger partial charge in [0.25, 0.3) is 5.91 Å². The average molecular weight is 295 g/mol. The second-order valence-electron chi connectivity index (χ2n) is 4.12. The van der Waals surface area contributed by atoms with Crippen molar-refractivity contribution in [1.82, 2.24) is 10.0 Å². The van der Waals surface area contributed by atoms with Crippen LogP contribution in [0.1, 0.15) is 30.1 Å². The number of carbonyl (C=O) groups is 1. The third-order valence-corrected chi connectivity index (χ3v) is 4.02. The number of hydrogen-bond donors (Lipinski definition) is 2. The molecule has 0 atom stereocenters. The highest BCUT2D eigenvalue weighted by Crippen LogP contribution is 2.11. The third kappa shape index (κ3) is 4.64. The Hall–Kier alpha value is -1.91. The Kier molecular flexibility index (Phi) is 6.15. The van der Waals surface area contributed by atoms with Gasteiger partial charge in [-0.15, -0.1) is 0 Å². The predicted octanol–water partition coefficient (Wildman–Crippen LogP) is 1.02. The van der Waals surface area contributed by atoms with Gasteiger partial charge in [-0.1, -0.05) is 19.4 Å². The summed E-state index contributed by atoms with van der Waals surface area (Å²) in [7, 11) is -3.60. The molecular weight excluding hydrogens is 278 g/mol.